The molecule has 1 aromatic carbocycles. The van der Waals surface area contributed by atoms with Gasteiger partial charge in [0.05, 0.1) is 11.1 Å². The summed E-state index contributed by atoms with van der Waals surface area (Å²) in [6, 6.07) is 4.42. The Hall–Kier alpha value is -2.58. The van der Waals surface area contributed by atoms with Gasteiger partial charge in [0.2, 0.25) is 11.8 Å². The molecular formula is C21H24N4O4. The van der Waals surface area contributed by atoms with Gasteiger partial charge < -0.3 is 5.32 Å². The summed E-state index contributed by atoms with van der Waals surface area (Å²) in [6.45, 7) is 6.84. The third-order valence-electron chi connectivity index (χ3n) is 6.92. The van der Waals surface area contributed by atoms with E-state index in [1.165, 1.54) is 0 Å². The van der Waals surface area contributed by atoms with E-state index in [2.05, 4.69) is 22.5 Å². The highest BCUT2D eigenvalue weighted by molar-refractivity contribution is 6.24. The summed E-state index contributed by atoms with van der Waals surface area (Å²) in [5, 5.41) is 5.70. The van der Waals surface area contributed by atoms with Crippen LogP contribution in [0.3, 0.4) is 0 Å². The predicted molar refractivity (Wildman–Crippen MR) is 103 cm³/mol. The van der Waals surface area contributed by atoms with Gasteiger partial charge in [0, 0.05) is 32.6 Å². The lowest BCUT2D eigenvalue weighted by Crippen LogP contribution is -2.54. The van der Waals surface area contributed by atoms with Crippen molar-refractivity contribution in [2.45, 2.75) is 32.4 Å². The summed E-state index contributed by atoms with van der Waals surface area (Å²) in [5.74, 6) is -1.23. The van der Waals surface area contributed by atoms with Crippen LogP contribution < -0.4 is 10.6 Å². The molecule has 3 atom stereocenters. The van der Waals surface area contributed by atoms with Crippen LogP contribution in [0.5, 0.6) is 0 Å². The van der Waals surface area contributed by atoms with Gasteiger partial charge in [-0.3, -0.25) is 34.3 Å². The number of carbonyl (C=O) groups is 4. The molecule has 8 nitrogen and oxygen atoms in total. The zero-order chi connectivity index (χ0) is 20.3. The first-order chi connectivity index (χ1) is 13.9. The number of fused-ring (bicyclic) bond motifs is 2. The average molecular weight is 396 g/mol. The molecule has 3 fully saturated rings. The Labute approximate surface area is 168 Å². The minimum atomic E-state index is -0.927. The van der Waals surface area contributed by atoms with E-state index in [4.69, 9.17) is 0 Å². The Morgan fingerprint density at radius 2 is 2.00 bits per heavy atom. The average Bonchev–Trinajstić information content (AvgIpc) is 3.25. The molecule has 4 heterocycles. The van der Waals surface area contributed by atoms with E-state index in [1.54, 1.807) is 12.1 Å². The number of likely N-dealkylation sites (tertiary alicyclic amines) is 1. The first-order valence-corrected chi connectivity index (χ1v) is 10.1. The third kappa shape index (κ3) is 2.81. The highest BCUT2D eigenvalue weighted by atomic mass is 16.2. The number of amides is 4. The van der Waals surface area contributed by atoms with Gasteiger partial charge in [0.1, 0.15) is 6.04 Å². The number of benzene rings is 1. The maximum absolute atomic E-state index is 13.2. The highest BCUT2D eigenvalue weighted by Gasteiger charge is 2.48. The van der Waals surface area contributed by atoms with E-state index in [0.717, 1.165) is 36.6 Å². The molecule has 3 saturated heterocycles. The molecule has 4 amide bonds. The van der Waals surface area contributed by atoms with Crippen LogP contribution in [0.2, 0.25) is 0 Å². The van der Waals surface area contributed by atoms with Gasteiger partial charge >= 0.3 is 0 Å². The molecule has 5 rings (SSSR count). The van der Waals surface area contributed by atoms with Crippen LogP contribution in [0.15, 0.2) is 18.2 Å². The molecule has 8 heteroatoms. The molecule has 1 aromatic rings. The van der Waals surface area contributed by atoms with Crippen LogP contribution in [-0.2, 0) is 16.1 Å². The van der Waals surface area contributed by atoms with Crippen LogP contribution in [0, 0.1) is 11.3 Å². The lowest BCUT2D eigenvalue weighted by Gasteiger charge is -2.28. The Bertz CT molecular complexity index is 945. The summed E-state index contributed by atoms with van der Waals surface area (Å²) < 4.78 is 0. The van der Waals surface area contributed by atoms with E-state index in [-0.39, 0.29) is 24.2 Å². The lowest BCUT2D eigenvalue weighted by molar-refractivity contribution is -0.136. The van der Waals surface area contributed by atoms with Crippen LogP contribution >= 0.6 is 0 Å². The standard InChI is InChI=1S/C21H24N4O4/c1-21-10-22-7-13(21)9-24(11-21)8-12-3-2-4-14-17(12)20(29)25(19(14)28)15-5-6-16(26)23-18(15)27/h2-4,13,15,22H,5-11H2,1H3,(H,23,26,27). The van der Waals surface area contributed by atoms with E-state index >= 15 is 0 Å². The first kappa shape index (κ1) is 18.4. The molecule has 0 saturated carbocycles. The third-order valence-corrected chi connectivity index (χ3v) is 6.92. The number of hydrogen-bond acceptors (Lipinski definition) is 6. The van der Waals surface area contributed by atoms with Crippen molar-refractivity contribution in [1.29, 1.82) is 0 Å². The van der Waals surface area contributed by atoms with E-state index < -0.39 is 23.8 Å². The summed E-state index contributed by atoms with van der Waals surface area (Å²) in [4.78, 5) is 53.2. The minimum absolute atomic E-state index is 0.123. The number of nitrogens with one attached hydrogen (secondary N) is 2. The molecule has 0 aromatic heterocycles. The second kappa shape index (κ2) is 6.47. The molecule has 4 aliphatic heterocycles. The molecule has 3 unspecified atom stereocenters. The Morgan fingerprint density at radius 3 is 2.76 bits per heavy atom. The molecule has 29 heavy (non-hydrogen) atoms. The monoisotopic (exact) mass is 396 g/mol. The van der Waals surface area contributed by atoms with Crippen LogP contribution in [0.25, 0.3) is 0 Å². The zero-order valence-electron chi connectivity index (χ0n) is 16.4. The number of rotatable bonds is 3. The second-order valence-corrected chi connectivity index (χ2v) is 8.94. The number of carbonyl (C=O) groups excluding carboxylic acids is 4. The Balaban J connectivity index is 1.41. The summed E-state index contributed by atoms with van der Waals surface area (Å²) in [7, 11) is 0. The van der Waals surface area contributed by atoms with Gasteiger partial charge in [-0.2, -0.15) is 0 Å². The van der Waals surface area contributed by atoms with Gasteiger partial charge in [-0.05, 0) is 35.9 Å². The number of nitrogens with zero attached hydrogens (tertiary/aromatic N) is 2. The fourth-order valence-electron chi connectivity index (χ4n) is 5.36. The van der Waals surface area contributed by atoms with Crippen molar-refractivity contribution in [2.75, 3.05) is 26.2 Å². The Morgan fingerprint density at radius 1 is 1.17 bits per heavy atom. The fourth-order valence-corrected chi connectivity index (χ4v) is 5.36. The van der Waals surface area contributed by atoms with Crippen molar-refractivity contribution in [3.05, 3.63) is 34.9 Å². The van der Waals surface area contributed by atoms with Gasteiger partial charge in [-0.1, -0.05) is 19.1 Å². The molecule has 0 spiro atoms. The number of piperidine rings is 1. The van der Waals surface area contributed by atoms with Gasteiger partial charge in [0.25, 0.3) is 11.8 Å². The van der Waals surface area contributed by atoms with E-state index in [0.29, 0.717) is 23.6 Å². The summed E-state index contributed by atoms with van der Waals surface area (Å²) in [6.07, 6.45) is 0.295. The van der Waals surface area contributed by atoms with Crippen molar-refractivity contribution in [3.8, 4) is 0 Å². The molecule has 0 bridgehead atoms. The van der Waals surface area contributed by atoms with Crippen molar-refractivity contribution in [1.82, 2.24) is 20.4 Å². The van der Waals surface area contributed by atoms with Crippen LogP contribution in [0.1, 0.15) is 46.0 Å². The molecule has 2 N–H and O–H groups in total. The largest absolute Gasteiger partial charge is 0.316 e. The van der Waals surface area contributed by atoms with Crippen LogP contribution in [-0.4, -0.2) is 65.6 Å². The molecule has 4 aliphatic rings. The van der Waals surface area contributed by atoms with Gasteiger partial charge in [-0.15, -0.1) is 0 Å². The smallest absolute Gasteiger partial charge is 0.262 e. The molecule has 0 aliphatic carbocycles. The zero-order valence-corrected chi connectivity index (χ0v) is 16.4. The lowest BCUT2D eigenvalue weighted by atomic mass is 9.83. The van der Waals surface area contributed by atoms with Crippen molar-refractivity contribution >= 4 is 23.6 Å². The van der Waals surface area contributed by atoms with Gasteiger partial charge in [0.15, 0.2) is 0 Å². The fraction of sp³-hybridized carbons (Fsp3) is 0.524. The second-order valence-electron chi connectivity index (χ2n) is 8.94. The SMILES string of the molecule is CC12CNCC1CN(Cc1cccc3c1C(=O)N(C1CCC(=O)NC1=O)C3=O)C2. The highest BCUT2D eigenvalue weighted by Crippen LogP contribution is 2.39. The van der Waals surface area contributed by atoms with E-state index in [9.17, 15) is 19.2 Å². The first-order valence-electron chi connectivity index (χ1n) is 10.1. The summed E-state index contributed by atoms with van der Waals surface area (Å²) >= 11 is 0. The maximum Gasteiger partial charge on any atom is 0.262 e. The predicted octanol–water partition coefficient (Wildman–Crippen LogP) is 0.129. The molecular weight excluding hydrogens is 372 g/mol. The van der Waals surface area contributed by atoms with E-state index in [1.807, 2.05) is 6.07 Å². The molecule has 152 valence electrons. The van der Waals surface area contributed by atoms with Crippen LogP contribution in [0.4, 0.5) is 0 Å². The topological polar surface area (TPSA) is 98.8 Å². The Kier molecular flexibility index (Phi) is 4.11. The van der Waals surface area contributed by atoms with Crippen molar-refractivity contribution in [2.24, 2.45) is 11.3 Å². The van der Waals surface area contributed by atoms with Crippen molar-refractivity contribution < 1.29 is 19.2 Å². The maximum atomic E-state index is 13.2. The number of imide groups is 2. The summed E-state index contributed by atoms with van der Waals surface area (Å²) in [5.41, 5.74) is 1.83. The number of hydrogen-bond donors (Lipinski definition) is 2. The normalized spacial score (nSPS) is 32.0. The van der Waals surface area contributed by atoms with Gasteiger partial charge in [-0.25, -0.2) is 0 Å². The van der Waals surface area contributed by atoms with Crippen molar-refractivity contribution in [3.63, 3.8) is 0 Å². The minimum Gasteiger partial charge on any atom is -0.316 e. The quantitative estimate of drug-likeness (QED) is 0.705. The molecule has 0 radical (unpaired) electrons.